The number of likely N-dealkylation sites (tertiary alicyclic amines) is 1. The number of aromatic nitrogens is 2. The van der Waals surface area contributed by atoms with Crippen molar-refractivity contribution in [3.05, 3.63) is 52.1 Å². The Hall–Kier alpha value is -4.21. The average Bonchev–Trinajstić information content (AvgIpc) is 3.12. The largest absolute Gasteiger partial charge is 0.493 e. The lowest BCUT2D eigenvalue weighted by atomic mass is 9.82. The van der Waals surface area contributed by atoms with Crippen molar-refractivity contribution < 1.29 is 33.7 Å². The van der Waals surface area contributed by atoms with E-state index in [1.807, 2.05) is 0 Å². The number of methoxy groups -OCH3 is 3. The highest BCUT2D eigenvalue weighted by Gasteiger charge is 2.69. The monoisotopic (exact) mass is 477 g/mol. The summed E-state index contributed by atoms with van der Waals surface area (Å²) in [6.45, 7) is 2.06. The first kappa shape index (κ1) is 21.3. The molecule has 1 amide bonds. The van der Waals surface area contributed by atoms with Gasteiger partial charge in [0.05, 0.1) is 38.1 Å². The number of hydrogen-bond acceptors (Lipinski definition) is 6. The van der Waals surface area contributed by atoms with Crippen LogP contribution in [-0.4, -0.2) is 65.5 Å². The number of fused-ring (bicyclic) bond motifs is 2. The van der Waals surface area contributed by atoms with Gasteiger partial charge in [0.2, 0.25) is 11.5 Å². The van der Waals surface area contributed by atoms with E-state index in [1.54, 1.807) is 24.0 Å². The Labute approximate surface area is 199 Å². The minimum absolute atomic E-state index is 0.0527. The highest BCUT2D eigenvalue weighted by molar-refractivity contribution is 6.12. The molecule has 2 aromatic heterocycles. The number of nitrogens with one attached hydrogen (secondary N) is 2. The molecule has 0 bridgehead atoms. The van der Waals surface area contributed by atoms with Crippen LogP contribution in [0.15, 0.2) is 23.9 Å². The molecule has 3 heterocycles. The maximum Gasteiger partial charge on any atom is 0.337 e. The summed E-state index contributed by atoms with van der Waals surface area (Å²) in [6.07, 6.45) is 2.18. The number of allylic oxidation sites excluding steroid dienone is 2. The minimum atomic E-state index is -1.08. The van der Waals surface area contributed by atoms with E-state index in [9.17, 15) is 19.5 Å². The second-order valence-corrected chi connectivity index (χ2v) is 9.15. The molecule has 35 heavy (non-hydrogen) atoms. The summed E-state index contributed by atoms with van der Waals surface area (Å²) in [7, 11) is 4.53. The van der Waals surface area contributed by atoms with Crippen molar-refractivity contribution in [2.75, 3.05) is 27.9 Å². The smallest absolute Gasteiger partial charge is 0.337 e. The number of carbonyl (C=O) groups excluding carboxylic acids is 2. The molecule has 2 atom stereocenters. The third-order valence-electron chi connectivity index (χ3n) is 7.51. The van der Waals surface area contributed by atoms with Crippen LogP contribution in [0.3, 0.4) is 0 Å². The number of piperidine rings is 1. The van der Waals surface area contributed by atoms with Crippen molar-refractivity contribution in [1.82, 2.24) is 14.9 Å². The van der Waals surface area contributed by atoms with Gasteiger partial charge >= 0.3 is 5.97 Å². The third-order valence-corrected chi connectivity index (χ3v) is 7.51. The molecule has 1 aromatic carbocycles. The van der Waals surface area contributed by atoms with Crippen molar-refractivity contribution in [3.8, 4) is 17.2 Å². The molecule has 10 nitrogen and oxygen atoms in total. The molecule has 1 aliphatic heterocycles. The second kappa shape index (κ2) is 6.91. The van der Waals surface area contributed by atoms with E-state index in [0.717, 1.165) is 0 Å². The number of carboxylic acids is 1. The number of aryl methyl sites for hydroxylation is 1. The van der Waals surface area contributed by atoms with Gasteiger partial charge in [-0.3, -0.25) is 9.59 Å². The number of ether oxygens (including phenoxy) is 3. The predicted molar refractivity (Wildman–Crippen MR) is 124 cm³/mol. The zero-order valence-corrected chi connectivity index (χ0v) is 19.6. The van der Waals surface area contributed by atoms with E-state index >= 15 is 0 Å². The highest BCUT2D eigenvalue weighted by atomic mass is 16.5. The minimum Gasteiger partial charge on any atom is -0.493 e. The molecule has 2 fully saturated rings. The SMILES string of the molecule is COc1cc2cc(C(=O)N3C[C@H]4C[C@@]45C3=CC(=O)c3[nH]c(C)c(C(=O)O)c35)[nH]c2c(OC)c1OC. The molecule has 3 aliphatic rings. The van der Waals surface area contributed by atoms with Gasteiger partial charge in [0, 0.05) is 40.4 Å². The summed E-state index contributed by atoms with van der Waals surface area (Å²) in [4.78, 5) is 46.4. The van der Waals surface area contributed by atoms with Gasteiger partial charge in [-0.25, -0.2) is 4.79 Å². The first-order valence-electron chi connectivity index (χ1n) is 11.1. The van der Waals surface area contributed by atoms with Gasteiger partial charge in [0.1, 0.15) is 5.69 Å². The molecule has 6 rings (SSSR count). The van der Waals surface area contributed by atoms with E-state index in [0.29, 0.717) is 69.5 Å². The molecule has 0 radical (unpaired) electrons. The lowest BCUT2D eigenvalue weighted by molar-refractivity contribution is 0.0694. The van der Waals surface area contributed by atoms with Crippen molar-refractivity contribution in [3.63, 3.8) is 0 Å². The number of aromatic carboxylic acids is 1. The summed E-state index contributed by atoms with van der Waals surface area (Å²) in [5.74, 6) is -0.377. The van der Waals surface area contributed by atoms with Crippen molar-refractivity contribution in [2.45, 2.75) is 18.8 Å². The second-order valence-electron chi connectivity index (χ2n) is 9.15. The molecule has 1 spiro atoms. The van der Waals surface area contributed by atoms with E-state index in [1.165, 1.54) is 27.4 Å². The molecular weight excluding hydrogens is 454 g/mol. The Morgan fingerprint density at radius 3 is 2.51 bits per heavy atom. The number of amides is 1. The standard InChI is InChI=1S/C25H23N3O7/c1-10-17(24(31)32)18-20(26-10)14(29)7-16-25(18)8-12(25)9-28(16)23(30)13-5-11-6-15(33-2)21(34-3)22(35-4)19(11)27-13/h5-7,12,26-27H,8-9H2,1-4H3,(H,31,32)/t12-,25+/m1/s1. The van der Waals surface area contributed by atoms with Crippen LogP contribution >= 0.6 is 0 Å². The summed E-state index contributed by atoms with van der Waals surface area (Å²) >= 11 is 0. The van der Waals surface area contributed by atoms with Crippen molar-refractivity contribution in [1.29, 1.82) is 0 Å². The lowest BCUT2D eigenvalue weighted by Gasteiger charge is -2.28. The molecular formula is C25H23N3O7. The molecule has 0 unspecified atom stereocenters. The molecule has 10 heteroatoms. The average molecular weight is 477 g/mol. The summed E-state index contributed by atoms with van der Waals surface area (Å²) in [5, 5.41) is 10.6. The molecule has 1 saturated carbocycles. The summed E-state index contributed by atoms with van der Waals surface area (Å²) < 4.78 is 16.4. The normalized spacial score (nSPS) is 21.8. The number of aromatic amines is 2. The predicted octanol–water partition coefficient (Wildman–Crippen LogP) is 3.02. The molecule has 2 aliphatic carbocycles. The zero-order valence-electron chi connectivity index (χ0n) is 19.6. The Balaban J connectivity index is 1.44. The fourth-order valence-electron chi connectivity index (χ4n) is 5.98. The van der Waals surface area contributed by atoms with Gasteiger partial charge in [-0.15, -0.1) is 0 Å². The van der Waals surface area contributed by atoms with Crippen LogP contribution in [0.2, 0.25) is 0 Å². The Morgan fingerprint density at radius 2 is 1.86 bits per heavy atom. The number of hydrogen-bond donors (Lipinski definition) is 3. The Morgan fingerprint density at radius 1 is 1.11 bits per heavy atom. The van der Waals surface area contributed by atoms with E-state index in [4.69, 9.17) is 14.2 Å². The van der Waals surface area contributed by atoms with Crippen LogP contribution in [0.4, 0.5) is 0 Å². The number of benzene rings is 1. The van der Waals surface area contributed by atoms with Crippen LogP contribution in [0, 0.1) is 12.8 Å². The third kappa shape index (κ3) is 2.56. The van der Waals surface area contributed by atoms with Gasteiger partial charge in [-0.05, 0) is 31.4 Å². The molecule has 180 valence electrons. The number of carbonyl (C=O) groups is 3. The Kier molecular flexibility index (Phi) is 4.21. The number of ketones is 1. The summed E-state index contributed by atoms with van der Waals surface area (Å²) in [6, 6.07) is 3.46. The van der Waals surface area contributed by atoms with Crippen LogP contribution in [-0.2, 0) is 5.41 Å². The number of nitrogens with zero attached hydrogens (tertiary/aromatic N) is 1. The van der Waals surface area contributed by atoms with Crippen LogP contribution in [0.25, 0.3) is 10.9 Å². The molecule has 1 saturated heterocycles. The van der Waals surface area contributed by atoms with Crippen molar-refractivity contribution in [2.24, 2.45) is 5.92 Å². The first-order chi connectivity index (χ1) is 16.8. The maximum absolute atomic E-state index is 13.7. The van der Waals surface area contributed by atoms with Gasteiger partial charge in [0.25, 0.3) is 5.91 Å². The van der Waals surface area contributed by atoms with Gasteiger partial charge in [-0.2, -0.15) is 0 Å². The number of carboxylic acid groups (broad SMARTS) is 1. The van der Waals surface area contributed by atoms with Gasteiger partial charge < -0.3 is 34.2 Å². The number of rotatable bonds is 5. The fourth-order valence-corrected chi connectivity index (χ4v) is 5.98. The zero-order chi connectivity index (χ0) is 24.8. The maximum atomic E-state index is 13.7. The van der Waals surface area contributed by atoms with E-state index in [-0.39, 0.29) is 23.2 Å². The van der Waals surface area contributed by atoms with Gasteiger partial charge in [0.15, 0.2) is 11.5 Å². The quantitative estimate of drug-likeness (QED) is 0.514. The summed E-state index contributed by atoms with van der Waals surface area (Å²) in [5.41, 5.74) is 2.23. The van der Waals surface area contributed by atoms with E-state index in [2.05, 4.69) is 9.97 Å². The van der Waals surface area contributed by atoms with Crippen LogP contribution < -0.4 is 14.2 Å². The lowest BCUT2D eigenvalue weighted by Crippen LogP contribution is -2.34. The fraction of sp³-hybridized carbons (Fsp3) is 0.320. The molecule has 3 N–H and O–H groups in total. The van der Waals surface area contributed by atoms with Crippen LogP contribution in [0.5, 0.6) is 17.2 Å². The first-order valence-corrected chi connectivity index (χ1v) is 11.1. The van der Waals surface area contributed by atoms with Crippen LogP contribution in [0.1, 0.15) is 49.0 Å². The van der Waals surface area contributed by atoms with E-state index < -0.39 is 11.4 Å². The highest BCUT2D eigenvalue weighted by Crippen LogP contribution is 2.67. The molecule has 3 aromatic rings. The Bertz CT molecular complexity index is 1510. The number of H-pyrrole nitrogens is 2. The van der Waals surface area contributed by atoms with Gasteiger partial charge in [-0.1, -0.05) is 0 Å². The topological polar surface area (TPSA) is 134 Å². The van der Waals surface area contributed by atoms with Crippen molar-refractivity contribution >= 4 is 28.6 Å².